The van der Waals surface area contributed by atoms with Crippen molar-refractivity contribution >= 4 is 28.5 Å². The van der Waals surface area contributed by atoms with Gasteiger partial charge in [0.25, 0.3) is 0 Å². The first kappa shape index (κ1) is 12.6. The van der Waals surface area contributed by atoms with Gasteiger partial charge in [-0.25, -0.2) is 4.98 Å². The number of carboxylic acids is 1. The van der Waals surface area contributed by atoms with Gasteiger partial charge < -0.3 is 9.90 Å². The molecule has 0 aliphatic rings. The van der Waals surface area contributed by atoms with Gasteiger partial charge in [0.2, 0.25) is 0 Å². The summed E-state index contributed by atoms with van der Waals surface area (Å²) in [6, 6.07) is 15.7. The average Bonchev–Trinajstić information content (AvgIpc) is 2.46. The zero-order valence-corrected chi connectivity index (χ0v) is 11.1. The van der Waals surface area contributed by atoms with E-state index in [2.05, 4.69) is 4.98 Å². The van der Waals surface area contributed by atoms with Crippen molar-refractivity contribution < 1.29 is 9.90 Å². The Morgan fingerprint density at radius 1 is 1.05 bits per heavy atom. The summed E-state index contributed by atoms with van der Waals surface area (Å²) in [6.45, 7) is 0. The van der Waals surface area contributed by atoms with E-state index in [1.807, 2.05) is 18.2 Å². The number of pyridine rings is 1. The van der Waals surface area contributed by atoms with Crippen molar-refractivity contribution in [1.82, 2.24) is 4.98 Å². The van der Waals surface area contributed by atoms with Gasteiger partial charge in [-0.3, -0.25) is 0 Å². The van der Waals surface area contributed by atoms with E-state index in [-0.39, 0.29) is 5.56 Å². The maximum atomic E-state index is 11.3. The first-order valence-corrected chi connectivity index (χ1v) is 6.40. The molecule has 4 heteroatoms. The van der Waals surface area contributed by atoms with Crippen LogP contribution in [0.4, 0.5) is 0 Å². The van der Waals surface area contributed by atoms with Gasteiger partial charge in [0.15, 0.2) is 0 Å². The maximum absolute atomic E-state index is 11.3. The number of carboxylic acid groups (broad SMARTS) is 1. The number of aromatic nitrogens is 1. The smallest absolute Gasteiger partial charge is 0.0731 e. The Morgan fingerprint density at radius 2 is 1.75 bits per heavy atom. The molecule has 3 aromatic rings. The van der Waals surface area contributed by atoms with E-state index in [4.69, 9.17) is 11.6 Å². The van der Waals surface area contributed by atoms with Crippen LogP contribution in [0.2, 0.25) is 5.02 Å². The van der Waals surface area contributed by atoms with Gasteiger partial charge in [-0.15, -0.1) is 0 Å². The first-order chi connectivity index (χ1) is 9.66. The number of carbonyl (C=O) groups excluding carboxylic acids is 1. The minimum atomic E-state index is -1.23. The first-order valence-electron chi connectivity index (χ1n) is 6.03. The Labute approximate surface area is 120 Å². The average molecular weight is 283 g/mol. The fourth-order valence-corrected chi connectivity index (χ4v) is 2.38. The van der Waals surface area contributed by atoms with E-state index in [1.165, 1.54) is 6.07 Å². The molecule has 0 aliphatic carbocycles. The summed E-state index contributed by atoms with van der Waals surface area (Å²) in [4.78, 5) is 15.8. The van der Waals surface area contributed by atoms with Crippen LogP contribution < -0.4 is 5.11 Å². The summed E-state index contributed by atoms with van der Waals surface area (Å²) in [5.41, 5.74) is 1.94. The minimum Gasteiger partial charge on any atom is -0.545 e. The molecule has 0 atom stereocenters. The van der Waals surface area contributed by atoms with E-state index < -0.39 is 5.97 Å². The van der Waals surface area contributed by atoms with E-state index in [1.54, 1.807) is 30.3 Å². The van der Waals surface area contributed by atoms with Crippen molar-refractivity contribution in [1.29, 1.82) is 0 Å². The highest BCUT2D eigenvalue weighted by Crippen LogP contribution is 2.29. The maximum Gasteiger partial charge on any atom is 0.0731 e. The van der Waals surface area contributed by atoms with Crippen molar-refractivity contribution in [3.05, 3.63) is 65.2 Å². The van der Waals surface area contributed by atoms with E-state index in [9.17, 15) is 9.90 Å². The second kappa shape index (κ2) is 4.94. The molecule has 98 valence electrons. The van der Waals surface area contributed by atoms with Gasteiger partial charge in [0, 0.05) is 21.5 Å². The second-order valence-corrected chi connectivity index (χ2v) is 4.75. The van der Waals surface area contributed by atoms with E-state index in [0.717, 1.165) is 0 Å². The number of rotatable bonds is 2. The Kier molecular flexibility index (Phi) is 3.12. The topological polar surface area (TPSA) is 53.0 Å². The number of hydrogen-bond donors (Lipinski definition) is 0. The molecule has 3 nitrogen and oxygen atoms in total. The predicted molar refractivity (Wildman–Crippen MR) is 76.5 cm³/mol. The standard InChI is InChI=1S/C16H10ClNO2/c17-13-7-3-1-6-11(13)15-9-12(16(19)20)10-5-2-4-8-14(10)18-15/h1-9H,(H,19,20)/p-1. The predicted octanol–water partition coefficient (Wildman–Crippen LogP) is 2.92. The molecule has 0 aliphatic heterocycles. The fourth-order valence-electron chi connectivity index (χ4n) is 2.15. The summed E-state index contributed by atoms with van der Waals surface area (Å²) in [6.07, 6.45) is 0. The molecule has 2 aromatic carbocycles. The number of fused-ring (bicyclic) bond motifs is 1. The summed E-state index contributed by atoms with van der Waals surface area (Å²) in [7, 11) is 0. The molecule has 0 radical (unpaired) electrons. The summed E-state index contributed by atoms with van der Waals surface area (Å²) in [5.74, 6) is -1.23. The third-order valence-electron chi connectivity index (χ3n) is 3.09. The molecule has 0 unspecified atom stereocenters. The number of aromatic carboxylic acids is 1. The molecule has 1 aromatic heterocycles. The number of para-hydroxylation sites is 1. The lowest BCUT2D eigenvalue weighted by Gasteiger charge is -2.11. The van der Waals surface area contributed by atoms with Crippen LogP contribution in [-0.4, -0.2) is 11.0 Å². The fraction of sp³-hybridized carbons (Fsp3) is 0. The van der Waals surface area contributed by atoms with E-state index >= 15 is 0 Å². The van der Waals surface area contributed by atoms with Crippen LogP contribution in [0.25, 0.3) is 22.2 Å². The largest absolute Gasteiger partial charge is 0.545 e. The SMILES string of the molecule is O=C([O-])c1cc(-c2ccccc2Cl)nc2ccccc12. The second-order valence-electron chi connectivity index (χ2n) is 4.34. The lowest BCUT2D eigenvalue weighted by molar-refractivity contribution is -0.254. The Balaban J connectivity index is 2.33. The number of carbonyl (C=O) groups is 1. The zero-order chi connectivity index (χ0) is 14.1. The van der Waals surface area contributed by atoms with Crippen LogP contribution >= 0.6 is 11.6 Å². The lowest BCUT2D eigenvalue weighted by atomic mass is 10.0. The van der Waals surface area contributed by atoms with Gasteiger partial charge in [0.05, 0.1) is 17.2 Å². The third-order valence-corrected chi connectivity index (χ3v) is 3.42. The molecule has 0 bridgehead atoms. The summed E-state index contributed by atoms with van der Waals surface area (Å²) < 4.78 is 0. The van der Waals surface area contributed by atoms with Crippen molar-refractivity contribution in [2.45, 2.75) is 0 Å². The van der Waals surface area contributed by atoms with Gasteiger partial charge in [-0.05, 0) is 18.2 Å². The molecule has 0 fully saturated rings. The molecule has 0 spiro atoms. The molecule has 0 saturated carbocycles. The number of halogens is 1. The molecule has 0 amide bonds. The minimum absolute atomic E-state index is 0.116. The highest BCUT2D eigenvalue weighted by atomic mass is 35.5. The van der Waals surface area contributed by atoms with Gasteiger partial charge >= 0.3 is 0 Å². The van der Waals surface area contributed by atoms with Crippen molar-refractivity contribution in [3.8, 4) is 11.3 Å². The van der Waals surface area contributed by atoms with Crippen LogP contribution in [0, 0.1) is 0 Å². The van der Waals surface area contributed by atoms with Crippen molar-refractivity contribution in [2.75, 3.05) is 0 Å². The molecule has 0 N–H and O–H groups in total. The van der Waals surface area contributed by atoms with E-state index in [0.29, 0.717) is 27.2 Å². The molecule has 20 heavy (non-hydrogen) atoms. The normalized spacial score (nSPS) is 10.7. The van der Waals surface area contributed by atoms with Gasteiger partial charge in [-0.2, -0.15) is 0 Å². The van der Waals surface area contributed by atoms with Crippen LogP contribution in [0.3, 0.4) is 0 Å². The van der Waals surface area contributed by atoms with Gasteiger partial charge in [0.1, 0.15) is 0 Å². The summed E-state index contributed by atoms with van der Waals surface area (Å²) in [5, 5.41) is 12.4. The highest BCUT2D eigenvalue weighted by Gasteiger charge is 2.10. The molecular weight excluding hydrogens is 274 g/mol. The number of nitrogens with zero attached hydrogens (tertiary/aromatic N) is 1. The van der Waals surface area contributed by atoms with Crippen molar-refractivity contribution in [2.24, 2.45) is 0 Å². The molecule has 0 saturated heterocycles. The molecule has 3 rings (SSSR count). The van der Waals surface area contributed by atoms with Crippen LogP contribution in [0.1, 0.15) is 10.4 Å². The summed E-state index contributed by atoms with van der Waals surface area (Å²) >= 11 is 6.14. The van der Waals surface area contributed by atoms with Crippen molar-refractivity contribution in [3.63, 3.8) is 0 Å². The Hall–Kier alpha value is -2.39. The highest BCUT2D eigenvalue weighted by molar-refractivity contribution is 6.33. The van der Waals surface area contributed by atoms with Crippen LogP contribution in [-0.2, 0) is 0 Å². The monoisotopic (exact) mass is 282 g/mol. The van der Waals surface area contributed by atoms with Gasteiger partial charge in [-0.1, -0.05) is 48.0 Å². The van der Waals surface area contributed by atoms with Crippen LogP contribution in [0.15, 0.2) is 54.6 Å². The molecular formula is C16H9ClNO2-. The quantitative estimate of drug-likeness (QED) is 0.726. The van der Waals surface area contributed by atoms with Crippen LogP contribution in [0.5, 0.6) is 0 Å². The third kappa shape index (κ3) is 2.12. The number of benzene rings is 2. The molecule has 1 heterocycles. The Bertz CT molecular complexity index is 814. The zero-order valence-electron chi connectivity index (χ0n) is 10.3. The lowest BCUT2D eigenvalue weighted by Crippen LogP contribution is -2.22. The Morgan fingerprint density at radius 3 is 2.50 bits per heavy atom. The number of hydrogen-bond acceptors (Lipinski definition) is 3.